The van der Waals surface area contributed by atoms with Gasteiger partial charge >= 0.3 is 0 Å². The van der Waals surface area contributed by atoms with Crippen LogP contribution in [0.15, 0.2) is 11.3 Å². The summed E-state index contributed by atoms with van der Waals surface area (Å²) in [6.07, 6.45) is 0.972. The summed E-state index contributed by atoms with van der Waals surface area (Å²) < 4.78 is 7.02. The first kappa shape index (κ1) is 13.5. The van der Waals surface area contributed by atoms with Crippen molar-refractivity contribution in [3.8, 4) is 0 Å². The third-order valence-corrected chi connectivity index (χ3v) is 3.47. The Balaban J connectivity index is 1.95. The summed E-state index contributed by atoms with van der Waals surface area (Å²) in [6, 6.07) is 0. The molecule has 2 aliphatic rings. The third-order valence-electron chi connectivity index (χ3n) is 3.47. The van der Waals surface area contributed by atoms with Gasteiger partial charge in [0.1, 0.15) is 18.0 Å². The molecular formula is C11H16N4O5. The molecule has 5 N–H and O–H groups in total. The topological polar surface area (TPSA) is 132 Å². The number of aromatic nitrogens is 2. The van der Waals surface area contributed by atoms with Crippen LogP contribution in [0, 0.1) is 0 Å². The van der Waals surface area contributed by atoms with Gasteiger partial charge in [-0.2, -0.15) is 0 Å². The molecule has 0 aromatic carbocycles. The van der Waals surface area contributed by atoms with Crippen molar-refractivity contribution in [1.29, 1.82) is 0 Å². The van der Waals surface area contributed by atoms with Gasteiger partial charge in [-0.3, -0.25) is 4.57 Å². The number of nitrogens with zero attached hydrogens (tertiary/aromatic N) is 3. The maximum Gasteiger partial charge on any atom is 0.229 e. The van der Waals surface area contributed by atoms with E-state index in [4.69, 9.17) is 9.84 Å². The quantitative estimate of drug-likeness (QED) is 0.394. The molecule has 1 saturated heterocycles. The molecule has 3 atom stereocenters. The number of rotatable bonds is 2. The van der Waals surface area contributed by atoms with Crippen molar-refractivity contribution in [2.24, 2.45) is 4.99 Å². The van der Waals surface area contributed by atoms with Crippen molar-refractivity contribution in [2.45, 2.75) is 30.6 Å². The van der Waals surface area contributed by atoms with Crippen LogP contribution in [-0.2, 0) is 10.5 Å². The van der Waals surface area contributed by atoms with E-state index in [1.54, 1.807) is 0 Å². The fraction of sp³-hybridized carbons (Fsp3) is 0.636. The summed E-state index contributed by atoms with van der Waals surface area (Å²) in [5, 5.41) is 41.3. The van der Waals surface area contributed by atoms with Crippen molar-refractivity contribution >= 4 is 12.2 Å². The summed E-state index contributed by atoms with van der Waals surface area (Å²) >= 11 is 0. The molecule has 0 amide bonds. The van der Waals surface area contributed by atoms with Crippen molar-refractivity contribution in [3.05, 3.63) is 12.0 Å². The lowest BCUT2D eigenvalue weighted by molar-refractivity contribution is -0.164. The molecular weight excluding hydrogens is 268 g/mol. The average molecular weight is 284 g/mol. The number of imidazole rings is 1. The van der Waals surface area contributed by atoms with Crippen molar-refractivity contribution in [3.63, 3.8) is 0 Å². The minimum Gasteiger partial charge on any atom is -0.394 e. The number of hydrogen-bond donors (Lipinski definition) is 5. The van der Waals surface area contributed by atoms with Crippen molar-refractivity contribution < 1.29 is 25.2 Å². The Morgan fingerprint density at radius 2 is 2.30 bits per heavy atom. The largest absolute Gasteiger partial charge is 0.394 e. The van der Waals surface area contributed by atoms with E-state index < -0.39 is 24.2 Å². The Labute approximate surface area is 114 Å². The fourth-order valence-electron chi connectivity index (χ4n) is 2.40. The predicted octanol–water partition coefficient (Wildman–Crippen LogP) is -2.08. The maximum atomic E-state index is 9.92. The Morgan fingerprint density at radius 3 is 3.00 bits per heavy atom. The van der Waals surface area contributed by atoms with Crippen LogP contribution < -0.4 is 5.32 Å². The van der Waals surface area contributed by atoms with Crippen LogP contribution in [0.25, 0.3) is 0 Å². The minimum atomic E-state index is -2.13. The second kappa shape index (κ2) is 4.79. The summed E-state index contributed by atoms with van der Waals surface area (Å²) in [5.41, 5.74) is 0.0179. The van der Waals surface area contributed by atoms with E-state index in [-0.39, 0.29) is 31.1 Å². The monoisotopic (exact) mass is 284 g/mol. The molecule has 0 saturated carbocycles. The molecule has 1 fully saturated rings. The normalized spacial score (nSPS) is 31.7. The molecule has 3 rings (SSSR count). The number of aliphatic imine (C=N–C) groups is 1. The third kappa shape index (κ3) is 2.09. The number of nitrogens with one attached hydrogen (secondary N) is 1. The van der Waals surface area contributed by atoms with Crippen LogP contribution in [0.5, 0.6) is 0 Å². The van der Waals surface area contributed by atoms with Crippen LogP contribution in [0.4, 0.5) is 5.82 Å². The van der Waals surface area contributed by atoms with Gasteiger partial charge in [-0.05, 0) is 0 Å². The molecule has 3 heterocycles. The highest BCUT2D eigenvalue weighted by Crippen LogP contribution is 2.36. The van der Waals surface area contributed by atoms with Gasteiger partial charge < -0.3 is 30.5 Å². The van der Waals surface area contributed by atoms with Gasteiger partial charge in [-0.15, -0.1) is 0 Å². The lowest BCUT2D eigenvalue weighted by Gasteiger charge is -2.18. The first-order valence-electron chi connectivity index (χ1n) is 6.25. The highest BCUT2D eigenvalue weighted by Gasteiger charge is 2.39. The molecule has 1 aromatic rings. The highest BCUT2D eigenvalue weighted by atomic mass is 16.5. The zero-order chi connectivity index (χ0) is 14.3. The van der Waals surface area contributed by atoms with Crippen LogP contribution >= 0.6 is 0 Å². The molecule has 20 heavy (non-hydrogen) atoms. The van der Waals surface area contributed by atoms with Crippen LogP contribution in [0.3, 0.4) is 0 Å². The Hall–Kier alpha value is -1.52. The average Bonchev–Trinajstić information content (AvgIpc) is 2.94. The van der Waals surface area contributed by atoms with E-state index in [0.717, 1.165) is 0 Å². The number of aliphatic hydroxyl groups excluding tert-OH is 2. The van der Waals surface area contributed by atoms with Crippen LogP contribution in [-0.4, -0.2) is 61.7 Å². The molecule has 110 valence electrons. The van der Waals surface area contributed by atoms with Crippen molar-refractivity contribution in [2.75, 3.05) is 13.2 Å². The van der Waals surface area contributed by atoms with Gasteiger partial charge in [0, 0.05) is 6.42 Å². The van der Waals surface area contributed by atoms with E-state index in [9.17, 15) is 15.3 Å². The molecule has 0 radical (unpaired) electrons. The Bertz CT molecular complexity index is 529. The molecule has 9 nitrogen and oxygen atoms in total. The predicted molar refractivity (Wildman–Crippen MR) is 66.1 cm³/mol. The minimum absolute atomic E-state index is 0.0179. The lowest BCUT2D eigenvalue weighted by atomic mass is 10.2. The maximum absolute atomic E-state index is 9.92. The van der Waals surface area contributed by atoms with Gasteiger partial charge in [0.25, 0.3) is 0 Å². The molecule has 0 unspecified atom stereocenters. The first-order valence-corrected chi connectivity index (χ1v) is 6.25. The Morgan fingerprint density at radius 1 is 1.50 bits per heavy atom. The number of fused-ring (bicyclic) bond motifs is 1. The molecule has 2 aliphatic heterocycles. The zero-order valence-corrected chi connectivity index (χ0v) is 10.5. The molecule has 0 spiro atoms. The molecule has 0 aliphatic carbocycles. The fourth-order valence-corrected chi connectivity index (χ4v) is 2.40. The van der Waals surface area contributed by atoms with E-state index in [1.807, 2.05) is 0 Å². The summed E-state index contributed by atoms with van der Waals surface area (Å²) in [5.74, 6) is -1.89. The van der Waals surface area contributed by atoms with E-state index in [1.165, 1.54) is 17.2 Å². The van der Waals surface area contributed by atoms with E-state index >= 15 is 0 Å². The van der Waals surface area contributed by atoms with Crippen LogP contribution in [0.2, 0.25) is 0 Å². The zero-order valence-electron chi connectivity index (χ0n) is 10.5. The molecule has 9 heteroatoms. The lowest BCUT2D eigenvalue weighted by Crippen LogP contribution is -2.36. The van der Waals surface area contributed by atoms with Gasteiger partial charge in [0.15, 0.2) is 5.82 Å². The van der Waals surface area contributed by atoms with Gasteiger partial charge in [-0.25, -0.2) is 9.98 Å². The van der Waals surface area contributed by atoms with E-state index in [2.05, 4.69) is 15.3 Å². The standard InChI is InChI=1S/C11H16N4O5/c16-2-7-6(17)1-8(20-7)15-5-14-9-10(15)13-4-12-3-11(9,18)19/h4-8,16-19H,1-3H2,(H,12,13)/t6-,7-,8-/m1/s1. The van der Waals surface area contributed by atoms with Crippen LogP contribution in [0.1, 0.15) is 18.3 Å². The van der Waals surface area contributed by atoms with Gasteiger partial charge in [-0.1, -0.05) is 0 Å². The molecule has 0 bridgehead atoms. The number of aliphatic hydroxyl groups is 4. The van der Waals surface area contributed by atoms with Gasteiger partial charge in [0.2, 0.25) is 5.79 Å². The second-order valence-corrected chi connectivity index (χ2v) is 4.89. The first-order chi connectivity index (χ1) is 9.53. The van der Waals surface area contributed by atoms with Gasteiger partial charge in [0.05, 0.1) is 31.9 Å². The highest BCUT2D eigenvalue weighted by molar-refractivity contribution is 5.62. The SMILES string of the molecule is OC[C@H]1O[C@@H](n2cnc3c2N=CNCC3(O)O)C[C@H]1O. The number of ether oxygens (including phenoxy) is 1. The Kier molecular flexibility index (Phi) is 3.22. The van der Waals surface area contributed by atoms with Crippen molar-refractivity contribution in [1.82, 2.24) is 14.9 Å². The second-order valence-electron chi connectivity index (χ2n) is 4.89. The van der Waals surface area contributed by atoms with E-state index in [0.29, 0.717) is 0 Å². The summed E-state index contributed by atoms with van der Waals surface area (Å²) in [4.78, 5) is 8.06. The smallest absolute Gasteiger partial charge is 0.229 e. The summed E-state index contributed by atoms with van der Waals surface area (Å²) in [6.45, 7) is -0.419. The number of hydrogen-bond acceptors (Lipinski definition) is 8. The summed E-state index contributed by atoms with van der Waals surface area (Å²) in [7, 11) is 0. The molecule has 1 aromatic heterocycles. The number of β-amino-alcohol motifs (C(OH)–C–C–N with tert-alkyl or cyclic N) is 2.